The average Bonchev–Trinajstić information content (AvgIpc) is 3.44. The molecule has 1 aliphatic heterocycles. The minimum atomic E-state index is -0.459. The monoisotopic (exact) mass is 563 g/mol. The number of hydrogen-bond acceptors (Lipinski definition) is 6. The summed E-state index contributed by atoms with van der Waals surface area (Å²) >= 11 is 0. The van der Waals surface area contributed by atoms with E-state index in [1.807, 2.05) is 35.2 Å². The van der Waals surface area contributed by atoms with Gasteiger partial charge < -0.3 is 29.6 Å². The Morgan fingerprint density at radius 2 is 1.95 bits per heavy atom. The Labute approximate surface area is 240 Å². The van der Waals surface area contributed by atoms with Gasteiger partial charge >= 0.3 is 6.09 Å². The third-order valence-electron chi connectivity index (χ3n) is 8.09. The number of aromatic nitrogens is 2. The van der Waals surface area contributed by atoms with Crippen LogP contribution in [0.2, 0.25) is 0 Å². The third-order valence-corrected chi connectivity index (χ3v) is 8.09. The Hall–Kier alpha value is -3.92. The fraction of sp³-hybridized carbons (Fsp3) is 0.452. The highest BCUT2D eigenvalue weighted by Crippen LogP contribution is 2.35. The number of nitrogens with one attached hydrogen (secondary N) is 2. The van der Waals surface area contributed by atoms with E-state index >= 15 is 0 Å². The minimum Gasteiger partial charge on any atom is -0.493 e. The number of ether oxygens (including phenoxy) is 2. The number of piperazine rings is 1. The van der Waals surface area contributed by atoms with Gasteiger partial charge in [-0.1, -0.05) is 49.2 Å². The maximum atomic E-state index is 14.2. The van der Waals surface area contributed by atoms with Crippen LogP contribution >= 0.6 is 0 Å². The average molecular weight is 564 g/mol. The number of benzene rings is 2. The number of amides is 2. The summed E-state index contributed by atoms with van der Waals surface area (Å²) in [7, 11) is 1.37. The number of carbonyl (C=O) groups is 2. The second-order valence-electron chi connectivity index (χ2n) is 10.7. The predicted octanol–water partition coefficient (Wildman–Crippen LogP) is 4.72. The second kappa shape index (κ2) is 13.2. The Kier molecular flexibility index (Phi) is 9.18. The molecule has 218 valence electrons. The Morgan fingerprint density at radius 1 is 1.15 bits per heavy atom. The normalized spacial score (nSPS) is 20.9. The van der Waals surface area contributed by atoms with Crippen molar-refractivity contribution in [3.05, 3.63) is 71.9 Å². The first-order valence-corrected chi connectivity index (χ1v) is 14.3. The quantitative estimate of drug-likeness (QED) is 0.412. The van der Waals surface area contributed by atoms with Gasteiger partial charge in [0.05, 0.1) is 37.8 Å². The molecule has 1 aliphatic carbocycles. The number of nitrogens with zero attached hydrogens (tertiary/aromatic N) is 3. The largest absolute Gasteiger partial charge is 0.493 e. The molecule has 1 saturated carbocycles. The molecule has 1 aromatic heterocycles. The molecule has 2 amide bonds. The van der Waals surface area contributed by atoms with Gasteiger partial charge in [0.1, 0.15) is 11.6 Å². The molecule has 2 aliphatic rings. The maximum absolute atomic E-state index is 14.2. The third kappa shape index (κ3) is 6.53. The first kappa shape index (κ1) is 28.6. The highest BCUT2D eigenvalue weighted by Gasteiger charge is 2.35. The van der Waals surface area contributed by atoms with Crippen LogP contribution in [0.3, 0.4) is 0 Å². The van der Waals surface area contributed by atoms with E-state index in [0.717, 1.165) is 36.9 Å². The van der Waals surface area contributed by atoms with E-state index < -0.39 is 6.09 Å². The van der Waals surface area contributed by atoms with Crippen molar-refractivity contribution in [3.8, 4) is 17.0 Å². The number of aryl methyl sites for hydroxylation is 1. The molecule has 0 radical (unpaired) electrons. The van der Waals surface area contributed by atoms with Crippen LogP contribution in [0.15, 0.2) is 54.9 Å². The summed E-state index contributed by atoms with van der Waals surface area (Å²) in [5, 5.41) is 6.38. The summed E-state index contributed by atoms with van der Waals surface area (Å²) < 4.78 is 26.7. The lowest BCUT2D eigenvalue weighted by atomic mass is 9.89. The van der Waals surface area contributed by atoms with Crippen molar-refractivity contribution in [2.75, 3.05) is 33.4 Å². The van der Waals surface area contributed by atoms with Gasteiger partial charge in [0.15, 0.2) is 5.69 Å². The van der Waals surface area contributed by atoms with Crippen LogP contribution in [-0.4, -0.2) is 71.9 Å². The van der Waals surface area contributed by atoms with Crippen LogP contribution in [0.4, 0.5) is 9.18 Å². The molecule has 2 aromatic carbocycles. The lowest BCUT2D eigenvalue weighted by Crippen LogP contribution is -2.54. The predicted molar refractivity (Wildman–Crippen MR) is 153 cm³/mol. The highest BCUT2D eigenvalue weighted by molar-refractivity contribution is 5.98. The van der Waals surface area contributed by atoms with E-state index in [-0.39, 0.29) is 29.8 Å². The zero-order valence-corrected chi connectivity index (χ0v) is 23.6. The lowest BCUT2D eigenvalue weighted by Gasteiger charge is -2.36. The number of alkyl carbamates (subject to hydrolysis) is 1. The summed E-state index contributed by atoms with van der Waals surface area (Å²) in [6.07, 6.45) is 5.56. The Bertz CT molecular complexity index is 1350. The fourth-order valence-corrected chi connectivity index (χ4v) is 5.87. The van der Waals surface area contributed by atoms with Crippen LogP contribution < -0.4 is 15.4 Å². The minimum absolute atomic E-state index is 0.0609. The molecule has 41 heavy (non-hydrogen) atoms. The smallest absolute Gasteiger partial charge is 0.407 e. The molecule has 3 aromatic rings. The maximum Gasteiger partial charge on any atom is 0.407 e. The fourth-order valence-electron chi connectivity index (χ4n) is 5.87. The van der Waals surface area contributed by atoms with Gasteiger partial charge in [0.2, 0.25) is 0 Å². The zero-order valence-electron chi connectivity index (χ0n) is 23.6. The molecule has 1 saturated heterocycles. The summed E-state index contributed by atoms with van der Waals surface area (Å²) in [6, 6.07) is 14.4. The Balaban J connectivity index is 1.40. The van der Waals surface area contributed by atoms with E-state index in [4.69, 9.17) is 14.5 Å². The van der Waals surface area contributed by atoms with Gasteiger partial charge in [-0.2, -0.15) is 0 Å². The van der Waals surface area contributed by atoms with Crippen LogP contribution in [0, 0.1) is 12.7 Å². The van der Waals surface area contributed by atoms with E-state index in [1.165, 1.54) is 13.2 Å². The lowest BCUT2D eigenvalue weighted by molar-refractivity contribution is 0.0601. The van der Waals surface area contributed by atoms with Crippen LogP contribution in [0.1, 0.15) is 54.2 Å². The van der Waals surface area contributed by atoms with Crippen LogP contribution in [-0.2, 0) is 4.74 Å². The van der Waals surface area contributed by atoms with Crippen LogP contribution in [0.25, 0.3) is 11.3 Å². The number of halogens is 1. The molecular weight excluding hydrogens is 525 g/mol. The molecule has 1 unspecified atom stereocenters. The van der Waals surface area contributed by atoms with Gasteiger partial charge in [0, 0.05) is 43.7 Å². The Morgan fingerprint density at radius 3 is 2.73 bits per heavy atom. The number of rotatable bonds is 8. The van der Waals surface area contributed by atoms with Crippen molar-refractivity contribution in [2.24, 2.45) is 0 Å². The van der Waals surface area contributed by atoms with Crippen molar-refractivity contribution in [1.29, 1.82) is 0 Å². The standard InChI is InChI=1S/C31H38FN5O4/c1-21-12-13-24(18-25(21)32)41-17-14-23-19-33-15-16-36(23)30(38)28-29(22-8-4-3-5-9-22)37(20-34-28)27-11-7-6-10-26(27)35-31(39)40-2/h3-5,8-9,12-13,18,20,23,26-27,33H,6-7,10-11,14-17,19H2,1-2H3,(H,35,39)/t23-,26+,27?/m1/s1. The topological polar surface area (TPSA) is 97.7 Å². The molecule has 10 heteroatoms. The summed E-state index contributed by atoms with van der Waals surface area (Å²) in [6.45, 7) is 3.92. The first-order valence-electron chi connectivity index (χ1n) is 14.3. The van der Waals surface area contributed by atoms with Crippen molar-refractivity contribution >= 4 is 12.0 Å². The molecule has 5 rings (SSSR count). The van der Waals surface area contributed by atoms with E-state index in [9.17, 15) is 14.0 Å². The molecule has 3 atom stereocenters. The number of methoxy groups -OCH3 is 1. The SMILES string of the molecule is COC(=O)N[C@H]1CCCCC1n1cnc(C(=O)N2CCNC[C@H]2CCOc2ccc(C)c(F)c2)c1-c1ccccc1. The molecule has 2 N–H and O–H groups in total. The van der Waals surface area contributed by atoms with Crippen molar-refractivity contribution < 1.29 is 23.5 Å². The van der Waals surface area contributed by atoms with Crippen molar-refractivity contribution in [2.45, 2.75) is 57.2 Å². The van der Waals surface area contributed by atoms with E-state index in [0.29, 0.717) is 49.7 Å². The number of imidazole rings is 1. The van der Waals surface area contributed by atoms with E-state index in [1.54, 1.807) is 25.4 Å². The van der Waals surface area contributed by atoms with Crippen molar-refractivity contribution in [1.82, 2.24) is 25.1 Å². The summed E-state index contributed by atoms with van der Waals surface area (Å²) in [5.41, 5.74) is 2.61. The molecule has 0 spiro atoms. The molecular formula is C31H38FN5O4. The van der Waals surface area contributed by atoms with Gasteiger partial charge in [-0.05, 0) is 31.4 Å². The number of carbonyl (C=O) groups excluding carboxylic acids is 2. The second-order valence-corrected chi connectivity index (χ2v) is 10.7. The van der Waals surface area contributed by atoms with Gasteiger partial charge in [-0.15, -0.1) is 0 Å². The summed E-state index contributed by atoms with van der Waals surface area (Å²) in [5.74, 6) is 0.0379. The molecule has 2 heterocycles. The highest BCUT2D eigenvalue weighted by atomic mass is 19.1. The molecule has 9 nitrogen and oxygen atoms in total. The van der Waals surface area contributed by atoms with E-state index in [2.05, 4.69) is 15.2 Å². The molecule has 0 bridgehead atoms. The van der Waals surface area contributed by atoms with Gasteiger partial charge in [-0.3, -0.25) is 4.79 Å². The summed E-state index contributed by atoms with van der Waals surface area (Å²) in [4.78, 5) is 32.9. The van der Waals surface area contributed by atoms with Crippen molar-refractivity contribution in [3.63, 3.8) is 0 Å². The zero-order chi connectivity index (χ0) is 28.8. The molecule has 2 fully saturated rings. The first-order chi connectivity index (χ1) is 20.0. The van der Waals surface area contributed by atoms with Crippen LogP contribution in [0.5, 0.6) is 5.75 Å². The van der Waals surface area contributed by atoms with Gasteiger partial charge in [-0.25, -0.2) is 14.2 Å². The van der Waals surface area contributed by atoms with Gasteiger partial charge in [0.25, 0.3) is 5.91 Å². The number of hydrogen-bond donors (Lipinski definition) is 2.